The van der Waals surface area contributed by atoms with Gasteiger partial charge in [-0.3, -0.25) is 9.89 Å². The highest BCUT2D eigenvalue weighted by atomic mass is 32.2. The van der Waals surface area contributed by atoms with Crippen molar-refractivity contribution < 1.29 is 9.18 Å². The van der Waals surface area contributed by atoms with Crippen molar-refractivity contribution in [3.05, 3.63) is 58.3 Å². The van der Waals surface area contributed by atoms with Gasteiger partial charge in [-0.2, -0.15) is 5.26 Å². The first-order valence-corrected chi connectivity index (χ1v) is 10.0. The number of carbonyl (C=O) groups is 1. The molecule has 138 valence electrons. The van der Waals surface area contributed by atoms with Crippen LogP contribution < -0.4 is 4.90 Å². The van der Waals surface area contributed by atoms with Crippen molar-refractivity contribution in [3.8, 4) is 6.07 Å². The van der Waals surface area contributed by atoms with Crippen LogP contribution in [0.1, 0.15) is 17.1 Å². The van der Waals surface area contributed by atoms with Gasteiger partial charge in [0.1, 0.15) is 11.6 Å². The summed E-state index contributed by atoms with van der Waals surface area (Å²) >= 11 is 2.87. The number of hydrogen-bond acceptors (Lipinski definition) is 6. The van der Waals surface area contributed by atoms with E-state index >= 15 is 0 Å². The van der Waals surface area contributed by atoms with Crippen molar-refractivity contribution in [1.29, 1.82) is 5.26 Å². The molecule has 3 aromatic rings. The first kappa shape index (κ1) is 19.1. The molecule has 3 rings (SSSR count). The lowest BCUT2D eigenvalue weighted by molar-refractivity contribution is -0.116. The zero-order valence-electron chi connectivity index (χ0n) is 14.3. The van der Waals surface area contributed by atoms with E-state index in [9.17, 15) is 9.18 Å². The molecular formula is C18H16FN5OS2. The van der Waals surface area contributed by atoms with E-state index in [1.54, 1.807) is 11.3 Å². The Kier molecular flexibility index (Phi) is 6.57. The Hall–Kier alpha value is -2.70. The van der Waals surface area contributed by atoms with Crippen molar-refractivity contribution in [2.75, 3.05) is 17.2 Å². The Morgan fingerprint density at radius 3 is 2.85 bits per heavy atom. The largest absolute Gasteiger partial charge is 0.311 e. The van der Waals surface area contributed by atoms with Crippen molar-refractivity contribution in [2.45, 2.75) is 18.0 Å². The minimum absolute atomic E-state index is 0.124. The standard InChI is InChI=1S/C18H16FN5OS2/c19-13-4-6-14(7-5-13)24(9-2-8-20)17(25)12-27-18-21-16(22-23-18)11-15-3-1-10-26-15/h1,3-7,10H,2,9,11-12H2,(H,21,22,23). The molecule has 27 heavy (non-hydrogen) atoms. The van der Waals surface area contributed by atoms with Crippen molar-refractivity contribution in [1.82, 2.24) is 15.2 Å². The molecule has 0 aliphatic carbocycles. The summed E-state index contributed by atoms with van der Waals surface area (Å²) in [6.07, 6.45) is 0.864. The summed E-state index contributed by atoms with van der Waals surface area (Å²) in [5.74, 6) is 0.303. The zero-order valence-corrected chi connectivity index (χ0v) is 15.9. The van der Waals surface area contributed by atoms with Crippen LogP contribution in [0.2, 0.25) is 0 Å². The van der Waals surface area contributed by atoms with Gasteiger partial charge in [0.25, 0.3) is 0 Å². The summed E-state index contributed by atoms with van der Waals surface area (Å²) in [5, 5.41) is 18.3. The third-order valence-electron chi connectivity index (χ3n) is 3.64. The molecule has 0 bridgehead atoms. The lowest BCUT2D eigenvalue weighted by Crippen LogP contribution is -2.33. The SMILES string of the molecule is N#CCCN(C(=O)CSc1n[nH]c(Cc2cccs2)n1)c1ccc(F)cc1. The number of nitriles is 1. The highest BCUT2D eigenvalue weighted by molar-refractivity contribution is 7.99. The van der Waals surface area contributed by atoms with Gasteiger partial charge in [0, 0.05) is 23.5 Å². The number of hydrogen-bond donors (Lipinski definition) is 1. The number of nitrogens with zero attached hydrogens (tertiary/aromatic N) is 4. The molecule has 6 nitrogen and oxygen atoms in total. The van der Waals surface area contributed by atoms with Gasteiger partial charge in [-0.25, -0.2) is 9.37 Å². The van der Waals surface area contributed by atoms with E-state index in [1.807, 2.05) is 23.6 Å². The molecule has 1 amide bonds. The fourth-order valence-electron chi connectivity index (χ4n) is 2.38. The predicted octanol–water partition coefficient (Wildman–Crippen LogP) is 3.64. The molecule has 2 heterocycles. The van der Waals surface area contributed by atoms with E-state index in [1.165, 1.54) is 45.8 Å². The van der Waals surface area contributed by atoms with Gasteiger partial charge in [0.2, 0.25) is 11.1 Å². The van der Waals surface area contributed by atoms with E-state index in [0.29, 0.717) is 17.3 Å². The average molecular weight is 401 g/mol. The number of carbonyl (C=O) groups excluding carboxylic acids is 1. The topological polar surface area (TPSA) is 85.7 Å². The van der Waals surface area contributed by atoms with Gasteiger partial charge in [0.05, 0.1) is 18.2 Å². The molecular weight excluding hydrogens is 385 g/mol. The maximum atomic E-state index is 13.1. The summed E-state index contributed by atoms with van der Waals surface area (Å²) < 4.78 is 13.1. The van der Waals surface area contributed by atoms with Crippen LogP contribution in [0.25, 0.3) is 0 Å². The van der Waals surface area contributed by atoms with Gasteiger partial charge >= 0.3 is 0 Å². The summed E-state index contributed by atoms with van der Waals surface area (Å²) in [6, 6.07) is 11.7. The third-order valence-corrected chi connectivity index (χ3v) is 5.35. The normalized spacial score (nSPS) is 10.5. The Morgan fingerprint density at radius 2 is 2.15 bits per heavy atom. The predicted molar refractivity (Wildman–Crippen MR) is 103 cm³/mol. The van der Waals surface area contributed by atoms with Crippen molar-refractivity contribution >= 4 is 34.7 Å². The fraction of sp³-hybridized carbons (Fsp3) is 0.222. The number of thiophene rings is 1. The van der Waals surface area contributed by atoms with Crippen LogP contribution in [0.3, 0.4) is 0 Å². The number of thioether (sulfide) groups is 1. The molecule has 0 aliphatic heterocycles. The van der Waals surface area contributed by atoms with Crippen LogP contribution >= 0.6 is 23.1 Å². The highest BCUT2D eigenvalue weighted by Crippen LogP contribution is 2.20. The molecule has 0 saturated heterocycles. The highest BCUT2D eigenvalue weighted by Gasteiger charge is 2.17. The second kappa shape index (κ2) is 9.30. The summed E-state index contributed by atoms with van der Waals surface area (Å²) in [7, 11) is 0. The maximum absolute atomic E-state index is 13.1. The molecule has 1 aromatic carbocycles. The van der Waals surface area contributed by atoms with Crippen molar-refractivity contribution in [2.24, 2.45) is 0 Å². The number of amides is 1. The van der Waals surface area contributed by atoms with Crippen LogP contribution in [-0.2, 0) is 11.2 Å². The smallest absolute Gasteiger partial charge is 0.237 e. The molecule has 0 saturated carbocycles. The van der Waals surface area contributed by atoms with E-state index in [0.717, 1.165) is 5.82 Å². The molecule has 9 heteroatoms. The number of nitrogens with one attached hydrogen (secondary N) is 1. The number of aromatic amines is 1. The Morgan fingerprint density at radius 1 is 1.33 bits per heavy atom. The monoisotopic (exact) mass is 401 g/mol. The first-order valence-electron chi connectivity index (χ1n) is 8.15. The number of rotatable bonds is 8. The summed E-state index contributed by atoms with van der Waals surface area (Å²) in [4.78, 5) is 19.7. The number of benzene rings is 1. The van der Waals surface area contributed by atoms with Gasteiger partial charge in [-0.15, -0.1) is 16.4 Å². The number of anilines is 1. The Labute approximate surface area is 164 Å². The molecule has 2 aromatic heterocycles. The number of halogens is 1. The molecule has 1 N–H and O–H groups in total. The average Bonchev–Trinajstić information content (AvgIpc) is 3.34. The van der Waals surface area contributed by atoms with Crippen LogP contribution in [-0.4, -0.2) is 33.4 Å². The van der Waals surface area contributed by atoms with Gasteiger partial charge < -0.3 is 4.90 Å². The molecule has 0 unspecified atom stereocenters. The molecule has 0 fully saturated rings. The van der Waals surface area contributed by atoms with E-state index in [2.05, 4.69) is 15.2 Å². The molecule has 0 aliphatic rings. The molecule has 0 spiro atoms. The van der Waals surface area contributed by atoms with Crippen LogP contribution in [0.5, 0.6) is 0 Å². The fourth-order valence-corrected chi connectivity index (χ4v) is 3.79. The van der Waals surface area contributed by atoms with Gasteiger partial charge in [-0.1, -0.05) is 17.8 Å². The van der Waals surface area contributed by atoms with E-state index in [4.69, 9.17) is 5.26 Å². The Balaban J connectivity index is 1.61. The minimum atomic E-state index is -0.375. The zero-order chi connectivity index (χ0) is 19.1. The lowest BCUT2D eigenvalue weighted by atomic mass is 10.2. The number of H-pyrrole nitrogens is 1. The third kappa shape index (κ3) is 5.39. The van der Waals surface area contributed by atoms with Crippen LogP contribution in [0.4, 0.5) is 10.1 Å². The van der Waals surface area contributed by atoms with Crippen LogP contribution in [0, 0.1) is 17.1 Å². The molecule has 0 radical (unpaired) electrons. The molecule has 0 atom stereocenters. The maximum Gasteiger partial charge on any atom is 0.237 e. The second-order valence-electron chi connectivity index (χ2n) is 5.54. The van der Waals surface area contributed by atoms with Gasteiger partial charge in [0.15, 0.2) is 0 Å². The lowest BCUT2D eigenvalue weighted by Gasteiger charge is -2.21. The minimum Gasteiger partial charge on any atom is -0.311 e. The Bertz CT molecular complexity index is 918. The summed E-state index contributed by atoms with van der Waals surface area (Å²) in [5.41, 5.74) is 0.561. The quantitative estimate of drug-likeness (QED) is 0.583. The van der Waals surface area contributed by atoms with E-state index < -0.39 is 0 Å². The van der Waals surface area contributed by atoms with Crippen molar-refractivity contribution in [3.63, 3.8) is 0 Å². The number of aromatic nitrogens is 3. The van der Waals surface area contributed by atoms with Crippen LogP contribution in [0.15, 0.2) is 46.9 Å². The van der Waals surface area contributed by atoms with Gasteiger partial charge in [-0.05, 0) is 35.7 Å². The van der Waals surface area contributed by atoms with E-state index in [-0.39, 0.29) is 30.4 Å². The second-order valence-corrected chi connectivity index (χ2v) is 7.51. The summed E-state index contributed by atoms with van der Waals surface area (Å²) in [6.45, 7) is 0.249. The first-order chi connectivity index (χ1) is 13.2.